The molecular formula is C16H8BrF3N4O3. The summed E-state index contributed by atoms with van der Waals surface area (Å²) in [5, 5.41) is 6.78. The summed E-state index contributed by atoms with van der Waals surface area (Å²) in [5.74, 6) is -2.07. The van der Waals surface area contributed by atoms with Gasteiger partial charge in [-0.25, -0.2) is 9.18 Å². The van der Waals surface area contributed by atoms with Crippen LogP contribution in [0.25, 0.3) is 22.6 Å². The van der Waals surface area contributed by atoms with Crippen LogP contribution >= 0.6 is 15.9 Å². The number of halogens is 4. The van der Waals surface area contributed by atoms with Crippen molar-refractivity contribution in [2.45, 2.75) is 13.0 Å². The first kappa shape index (κ1) is 17.5. The van der Waals surface area contributed by atoms with Crippen molar-refractivity contribution < 1.29 is 22.0 Å². The molecule has 0 saturated carbocycles. The van der Waals surface area contributed by atoms with E-state index < -0.39 is 23.9 Å². The number of nitrogens with zero attached hydrogens (tertiary/aromatic N) is 4. The predicted molar refractivity (Wildman–Crippen MR) is 89.7 cm³/mol. The molecule has 4 aromatic rings. The molecule has 0 aliphatic rings. The van der Waals surface area contributed by atoms with Gasteiger partial charge in [0.25, 0.3) is 5.89 Å². The van der Waals surface area contributed by atoms with Gasteiger partial charge in [0, 0.05) is 18.3 Å². The van der Waals surface area contributed by atoms with Crippen LogP contribution in [0.15, 0.2) is 48.6 Å². The van der Waals surface area contributed by atoms with Crippen molar-refractivity contribution in [1.29, 1.82) is 0 Å². The summed E-state index contributed by atoms with van der Waals surface area (Å²) in [7, 11) is 0. The summed E-state index contributed by atoms with van der Waals surface area (Å²) in [6.45, 7) is 0.0271. The quantitative estimate of drug-likeness (QED) is 0.477. The van der Waals surface area contributed by atoms with Gasteiger partial charge >= 0.3 is 12.2 Å². The minimum absolute atomic E-state index is 0.0271. The number of fused-ring (bicyclic) bond motifs is 1. The monoisotopic (exact) mass is 440 g/mol. The Bertz CT molecular complexity index is 1180. The zero-order valence-electron chi connectivity index (χ0n) is 13.2. The Labute approximate surface area is 156 Å². The van der Waals surface area contributed by atoms with Crippen LogP contribution in [-0.4, -0.2) is 19.7 Å². The molecule has 27 heavy (non-hydrogen) atoms. The van der Waals surface area contributed by atoms with Gasteiger partial charge in [-0.05, 0) is 28.1 Å². The Morgan fingerprint density at radius 3 is 2.67 bits per heavy atom. The summed E-state index contributed by atoms with van der Waals surface area (Å²) in [6.07, 6.45) is -1.51. The smallest absolute Gasteiger partial charge is 0.415 e. The van der Waals surface area contributed by atoms with E-state index in [1.807, 2.05) is 0 Å². The van der Waals surface area contributed by atoms with Gasteiger partial charge in [0.1, 0.15) is 5.82 Å². The highest BCUT2D eigenvalue weighted by atomic mass is 79.9. The fraction of sp³-hybridized carbons (Fsp3) is 0.125. The van der Waals surface area contributed by atoms with Crippen LogP contribution in [-0.2, 0) is 6.54 Å². The summed E-state index contributed by atoms with van der Waals surface area (Å²) in [4.78, 5) is 16.2. The highest BCUT2D eigenvalue weighted by Crippen LogP contribution is 2.24. The fourth-order valence-electron chi connectivity index (χ4n) is 2.45. The average molecular weight is 441 g/mol. The molecule has 0 aliphatic heterocycles. The van der Waals surface area contributed by atoms with Crippen molar-refractivity contribution in [2.24, 2.45) is 0 Å². The molecule has 3 heterocycles. The number of benzene rings is 1. The first-order chi connectivity index (χ1) is 12.9. The van der Waals surface area contributed by atoms with E-state index in [1.54, 1.807) is 6.07 Å². The van der Waals surface area contributed by atoms with Gasteiger partial charge in [0.05, 0.1) is 27.8 Å². The molecule has 0 unspecified atom stereocenters. The lowest BCUT2D eigenvalue weighted by Crippen LogP contribution is -2.15. The molecule has 0 bridgehead atoms. The third-order valence-corrected chi connectivity index (χ3v) is 4.34. The zero-order valence-corrected chi connectivity index (χ0v) is 14.8. The highest BCUT2D eigenvalue weighted by molar-refractivity contribution is 9.10. The normalized spacial score (nSPS) is 11.6. The maximum atomic E-state index is 13.8. The lowest BCUT2D eigenvalue weighted by Gasteiger charge is -2.03. The Hall–Kier alpha value is -2.95. The minimum atomic E-state index is -2.86. The van der Waals surface area contributed by atoms with E-state index in [1.165, 1.54) is 29.0 Å². The van der Waals surface area contributed by atoms with Crippen molar-refractivity contribution >= 4 is 27.0 Å². The van der Waals surface area contributed by atoms with E-state index in [4.69, 9.17) is 8.83 Å². The van der Waals surface area contributed by atoms with Crippen molar-refractivity contribution in [3.63, 3.8) is 0 Å². The summed E-state index contributed by atoms with van der Waals surface area (Å²) >= 11 is 3.03. The molecule has 11 heteroatoms. The second-order valence-electron chi connectivity index (χ2n) is 5.47. The number of oxazole rings is 1. The topological polar surface area (TPSA) is 87.0 Å². The van der Waals surface area contributed by atoms with Crippen molar-refractivity contribution in [3.05, 3.63) is 62.9 Å². The molecule has 138 valence electrons. The number of rotatable bonds is 4. The Morgan fingerprint density at radius 1 is 1.19 bits per heavy atom. The molecular weight excluding hydrogens is 433 g/mol. The van der Waals surface area contributed by atoms with E-state index >= 15 is 0 Å². The van der Waals surface area contributed by atoms with Gasteiger partial charge < -0.3 is 8.83 Å². The van der Waals surface area contributed by atoms with E-state index in [0.29, 0.717) is 11.3 Å². The van der Waals surface area contributed by atoms with E-state index in [2.05, 4.69) is 31.1 Å². The van der Waals surface area contributed by atoms with Gasteiger partial charge in [0.15, 0.2) is 5.58 Å². The molecule has 0 N–H and O–H groups in total. The molecule has 0 spiro atoms. The van der Waals surface area contributed by atoms with Gasteiger partial charge in [-0.3, -0.25) is 9.55 Å². The van der Waals surface area contributed by atoms with Crippen molar-refractivity contribution in [2.75, 3.05) is 0 Å². The molecule has 3 aromatic heterocycles. The first-order valence-electron chi connectivity index (χ1n) is 7.47. The SMILES string of the molecule is O=c1oc2cc(Br)c(F)cc2n1Cc1ccc(-c2nnc(C(F)F)o2)cn1. The average Bonchev–Trinajstić information content (AvgIpc) is 3.23. The molecule has 4 rings (SSSR count). The Balaban J connectivity index is 1.64. The number of hydrogen-bond acceptors (Lipinski definition) is 6. The van der Waals surface area contributed by atoms with Crippen molar-refractivity contribution in [3.8, 4) is 11.5 Å². The fourth-order valence-corrected chi connectivity index (χ4v) is 2.78. The maximum Gasteiger partial charge on any atom is 0.420 e. The Kier molecular flexibility index (Phi) is 4.30. The second-order valence-corrected chi connectivity index (χ2v) is 6.33. The van der Waals surface area contributed by atoms with E-state index in [9.17, 15) is 18.0 Å². The third-order valence-electron chi connectivity index (χ3n) is 3.73. The molecule has 0 radical (unpaired) electrons. The molecule has 7 nitrogen and oxygen atoms in total. The van der Waals surface area contributed by atoms with Crippen LogP contribution in [0, 0.1) is 5.82 Å². The molecule has 0 atom stereocenters. The predicted octanol–water partition coefficient (Wildman–Crippen LogP) is 3.93. The van der Waals surface area contributed by atoms with E-state index in [-0.39, 0.29) is 28.0 Å². The van der Waals surface area contributed by atoms with Crippen LogP contribution in [0.1, 0.15) is 18.0 Å². The lowest BCUT2D eigenvalue weighted by molar-refractivity contribution is 0.116. The van der Waals surface area contributed by atoms with Gasteiger partial charge in [-0.15, -0.1) is 10.2 Å². The number of pyridine rings is 1. The number of aromatic nitrogens is 4. The molecule has 0 saturated heterocycles. The summed E-state index contributed by atoms with van der Waals surface area (Å²) in [6, 6.07) is 5.65. The van der Waals surface area contributed by atoms with Gasteiger partial charge in [-0.2, -0.15) is 8.78 Å². The zero-order chi connectivity index (χ0) is 19.1. The molecule has 0 amide bonds. The van der Waals surface area contributed by atoms with Crippen molar-refractivity contribution in [1.82, 2.24) is 19.7 Å². The maximum absolute atomic E-state index is 13.8. The third kappa shape index (κ3) is 3.25. The van der Waals surface area contributed by atoms with Gasteiger partial charge in [0.2, 0.25) is 5.89 Å². The molecule has 0 aliphatic carbocycles. The first-order valence-corrected chi connectivity index (χ1v) is 8.27. The number of alkyl halides is 2. The molecule has 0 fully saturated rings. The Morgan fingerprint density at radius 2 is 2.00 bits per heavy atom. The van der Waals surface area contributed by atoms with Crippen LogP contribution in [0.5, 0.6) is 0 Å². The van der Waals surface area contributed by atoms with E-state index in [0.717, 1.165) is 0 Å². The van der Waals surface area contributed by atoms with Gasteiger partial charge in [-0.1, -0.05) is 0 Å². The highest BCUT2D eigenvalue weighted by Gasteiger charge is 2.17. The standard InChI is InChI=1S/C16H8BrF3N4O3/c17-9-3-12-11(4-10(9)18)24(16(25)26-12)6-8-2-1-7(5-21-8)14-22-23-15(27-14)13(19)20/h1-5,13H,6H2. The second kappa shape index (κ2) is 6.65. The lowest BCUT2D eigenvalue weighted by atomic mass is 10.2. The van der Waals surface area contributed by atoms with Crippen LogP contribution in [0.3, 0.4) is 0 Å². The van der Waals surface area contributed by atoms with Crippen LogP contribution in [0.2, 0.25) is 0 Å². The minimum Gasteiger partial charge on any atom is -0.415 e. The van der Waals surface area contributed by atoms with Crippen LogP contribution < -0.4 is 5.76 Å². The largest absolute Gasteiger partial charge is 0.420 e. The summed E-state index contributed by atoms with van der Waals surface area (Å²) < 4.78 is 50.2. The number of hydrogen-bond donors (Lipinski definition) is 0. The van der Waals surface area contributed by atoms with Crippen LogP contribution in [0.4, 0.5) is 13.2 Å². The summed E-state index contributed by atoms with van der Waals surface area (Å²) in [5.41, 5.74) is 1.32. The molecule has 1 aromatic carbocycles.